The Morgan fingerprint density at radius 3 is 1.94 bits per heavy atom. The van der Waals surface area contributed by atoms with Crippen molar-refractivity contribution in [1.29, 1.82) is 0 Å². The van der Waals surface area contributed by atoms with Gasteiger partial charge in [-0.05, 0) is 37.0 Å². The van der Waals surface area contributed by atoms with Crippen molar-refractivity contribution in [1.82, 2.24) is 0 Å². The van der Waals surface area contributed by atoms with Gasteiger partial charge in [-0.2, -0.15) is 0 Å². The van der Waals surface area contributed by atoms with Crippen LogP contribution in [0.5, 0.6) is 0 Å². The topological polar surface area (TPSA) is 26.0 Å². The van der Waals surface area contributed by atoms with E-state index in [0.717, 1.165) is 6.42 Å². The van der Waals surface area contributed by atoms with Crippen molar-refractivity contribution < 1.29 is 0 Å². The molecule has 2 aromatic rings. The van der Waals surface area contributed by atoms with Gasteiger partial charge in [0.15, 0.2) is 0 Å². The molecule has 0 saturated carbocycles. The highest BCUT2D eigenvalue weighted by Gasteiger charge is 2.09. The van der Waals surface area contributed by atoms with Gasteiger partial charge in [-0.3, -0.25) is 0 Å². The van der Waals surface area contributed by atoms with Gasteiger partial charge in [0.1, 0.15) is 0 Å². The van der Waals surface area contributed by atoms with Crippen LogP contribution >= 0.6 is 0 Å². The standard InChI is InChI=1S/C17H21N/c1-4-14-5-7-15(8-6-14)17(18)16-10-12(2)9-13(3)11-16/h5-11,17H,4,18H2,1-3H3. The van der Waals surface area contributed by atoms with Gasteiger partial charge >= 0.3 is 0 Å². The zero-order valence-corrected chi connectivity index (χ0v) is 11.4. The van der Waals surface area contributed by atoms with Gasteiger partial charge in [0.2, 0.25) is 0 Å². The highest BCUT2D eigenvalue weighted by molar-refractivity contribution is 5.37. The summed E-state index contributed by atoms with van der Waals surface area (Å²) in [5.41, 5.74) is 12.6. The third kappa shape index (κ3) is 2.80. The molecular formula is C17H21N. The van der Waals surface area contributed by atoms with Crippen molar-refractivity contribution in [2.24, 2.45) is 5.73 Å². The highest BCUT2D eigenvalue weighted by atomic mass is 14.6. The van der Waals surface area contributed by atoms with E-state index in [1.165, 1.54) is 27.8 Å². The van der Waals surface area contributed by atoms with Crippen molar-refractivity contribution in [2.75, 3.05) is 0 Å². The van der Waals surface area contributed by atoms with Crippen molar-refractivity contribution in [3.05, 3.63) is 70.3 Å². The average Bonchev–Trinajstić information content (AvgIpc) is 2.37. The molecule has 0 radical (unpaired) electrons. The fourth-order valence-electron chi connectivity index (χ4n) is 2.34. The number of nitrogens with two attached hydrogens (primary N) is 1. The Bertz CT molecular complexity index is 506. The molecular weight excluding hydrogens is 218 g/mol. The number of hydrogen-bond donors (Lipinski definition) is 1. The van der Waals surface area contributed by atoms with Crippen LogP contribution < -0.4 is 5.73 Å². The molecule has 18 heavy (non-hydrogen) atoms. The zero-order chi connectivity index (χ0) is 13.1. The average molecular weight is 239 g/mol. The first-order chi connectivity index (χ1) is 8.60. The lowest BCUT2D eigenvalue weighted by Crippen LogP contribution is -2.12. The predicted molar refractivity (Wildman–Crippen MR) is 77.8 cm³/mol. The summed E-state index contributed by atoms with van der Waals surface area (Å²) >= 11 is 0. The van der Waals surface area contributed by atoms with Crippen LogP contribution in [-0.4, -0.2) is 0 Å². The van der Waals surface area contributed by atoms with E-state index < -0.39 is 0 Å². The first-order valence-corrected chi connectivity index (χ1v) is 6.52. The predicted octanol–water partition coefficient (Wildman–Crippen LogP) is 3.91. The molecule has 1 atom stereocenters. The number of rotatable bonds is 3. The number of benzene rings is 2. The third-order valence-electron chi connectivity index (χ3n) is 3.35. The van der Waals surface area contributed by atoms with Gasteiger partial charge in [0, 0.05) is 0 Å². The Balaban J connectivity index is 2.31. The normalized spacial score (nSPS) is 12.4. The monoisotopic (exact) mass is 239 g/mol. The first kappa shape index (κ1) is 12.8. The summed E-state index contributed by atoms with van der Waals surface area (Å²) in [5, 5.41) is 0. The van der Waals surface area contributed by atoms with Gasteiger partial charge in [0.25, 0.3) is 0 Å². The van der Waals surface area contributed by atoms with Crippen LogP contribution in [0.25, 0.3) is 0 Å². The van der Waals surface area contributed by atoms with Crippen LogP contribution in [0, 0.1) is 13.8 Å². The molecule has 94 valence electrons. The molecule has 0 heterocycles. The second-order valence-electron chi connectivity index (χ2n) is 4.99. The molecule has 0 fully saturated rings. The van der Waals surface area contributed by atoms with Gasteiger partial charge in [0.05, 0.1) is 6.04 Å². The van der Waals surface area contributed by atoms with E-state index in [9.17, 15) is 0 Å². The van der Waals surface area contributed by atoms with Gasteiger partial charge in [-0.1, -0.05) is 60.5 Å². The molecule has 0 aromatic heterocycles. The van der Waals surface area contributed by atoms with Gasteiger partial charge in [-0.25, -0.2) is 0 Å². The number of aryl methyl sites for hydroxylation is 3. The van der Waals surface area contributed by atoms with E-state index in [1.54, 1.807) is 0 Å². The Hall–Kier alpha value is -1.60. The minimum absolute atomic E-state index is 0.0329. The smallest absolute Gasteiger partial charge is 0.0551 e. The lowest BCUT2D eigenvalue weighted by molar-refractivity contribution is 0.866. The van der Waals surface area contributed by atoms with Crippen LogP contribution in [0.4, 0.5) is 0 Å². The summed E-state index contributed by atoms with van der Waals surface area (Å²) < 4.78 is 0. The third-order valence-corrected chi connectivity index (χ3v) is 3.35. The van der Waals surface area contributed by atoms with Crippen LogP contribution in [0.2, 0.25) is 0 Å². The summed E-state index contributed by atoms with van der Waals surface area (Å²) in [6, 6.07) is 15.1. The maximum atomic E-state index is 6.35. The second-order valence-corrected chi connectivity index (χ2v) is 4.99. The van der Waals surface area contributed by atoms with E-state index in [0.29, 0.717) is 0 Å². The molecule has 0 bridgehead atoms. The van der Waals surface area contributed by atoms with Crippen molar-refractivity contribution in [3.8, 4) is 0 Å². The van der Waals surface area contributed by atoms with Gasteiger partial charge in [-0.15, -0.1) is 0 Å². The molecule has 2 aromatic carbocycles. The summed E-state index contributed by atoms with van der Waals surface area (Å²) in [7, 11) is 0. The fraction of sp³-hybridized carbons (Fsp3) is 0.294. The van der Waals surface area contributed by atoms with Crippen LogP contribution in [0.1, 0.15) is 40.8 Å². The Morgan fingerprint density at radius 2 is 1.44 bits per heavy atom. The molecule has 0 aliphatic heterocycles. The zero-order valence-electron chi connectivity index (χ0n) is 11.4. The van der Waals surface area contributed by atoms with E-state index in [1.807, 2.05) is 0 Å². The van der Waals surface area contributed by atoms with E-state index in [-0.39, 0.29) is 6.04 Å². The quantitative estimate of drug-likeness (QED) is 0.863. The largest absolute Gasteiger partial charge is 0.320 e. The summed E-state index contributed by atoms with van der Waals surface area (Å²) in [6.45, 7) is 6.39. The van der Waals surface area contributed by atoms with E-state index in [2.05, 4.69) is 63.2 Å². The van der Waals surface area contributed by atoms with Crippen LogP contribution in [0.3, 0.4) is 0 Å². The fourth-order valence-corrected chi connectivity index (χ4v) is 2.34. The Labute approximate surface area is 110 Å². The summed E-state index contributed by atoms with van der Waals surface area (Å²) in [5.74, 6) is 0. The molecule has 0 amide bonds. The van der Waals surface area contributed by atoms with E-state index >= 15 is 0 Å². The molecule has 2 rings (SSSR count). The van der Waals surface area contributed by atoms with Crippen molar-refractivity contribution in [2.45, 2.75) is 33.2 Å². The lowest BCUT2D eigenvalue weighted by Gasteiger charge is -2.14. The Morgan fingerprint density at radius 1 is 0.889 bits per heavy atom. The van der Waals surface area contributed by atoms with Crippen LogP contribution in [-0.2, 0) is 6.42 Å². The molecule has 0 spiro atoms. The first-order valence-electron chi connectivity index (χ1n) is 6.52. The molecule has 1 unspecified atom stereocenters. The lowest BCUT2D eigenvalue weighted by atomic mass is 9.95. The highest BCUT2D eigenvalue weighted by Crippen LogP contribution is 2.22. The molecule has 1 nitrogen and oxygen atoms in total. The maximum absolute atomic E-state index is 6.35. The van der Waals surface area contributed by atoms with Gasteiger partial charge < -0.3 is 5.73 Å². The van der Waals surface area contributed by atoms with Crippen LogP contribution in [0.15, 0.2) is 42.5 Å². The Kier molecular flexibility index (Phi) is 3.83. The molecule has 0 aliphatic rings. The molecule has 1 heteroatoms. The number of hydrogen-bond acceptors (Lipinski definition) is 1. The second kappa shape index (κ2) is 5.36. The summed E-state index contributed by atoms with van der Waals surface area (Å²) in [6.07, 6.45) is 1.07. The SMILES string of the molecule is CCc1ccc(C(N)c2cc(C)cc(C)c2)cc1. The van der Waals surface area contributed by atoms with Crippen molar-refractivity contribution in [3.63, 3.8) is 0 Å². The minimum atomic E-state index is -0.0329. The van der Waals surface area contributed by atoms with E-state index in [4.69, 9.17) is 5.73 Å². The molecule has 0 saturated heterocycles. The minimum Gasteiger partial charge on any atom is -0.320 e. The maximum Gasteiger partial charge on any atom is 0.0551 e. The van der Waals surface area contributed by atoms with Crippen molar-refractivity contribution >= 4 is 0 Å². The molecule has 0 aliphatic carbocycles. The summed E-state index contributed by atoms with van der Waals surface area (Å²) in [4.78, 5) is 0. The molecule has 2 N–H and O–H groups in total.